The topological polar surface area (TPSA) is 15.6 Å². The molecular weight excluding hydrogens is 252 g/mol. The summed E-state index contributed by atoms with van der Waals surface area (Å²) in [4.78, 5) is 7.15. The third-order valence-electron chi connectivity index (χ3n) is 3.10. The minimum absolute atomic E-state index is 1.04. The number of hydrogen-bond donors (Lipinski definition) is 0. The van der Waals surface area contributed by atoms with Gasteiger partial charge in [-0.1, -0.05) is 15.9 Å². The number of nitrogens with zero attached hydrogens (tertiary/aromatic N) is 2. The standard InChI is InChI=1S/C12H13BrN2/c13-10-4-5-11-9(7-10)8-15-6-2-1-3-12(15)14-11/h4-5,7H,1-3,6,8H2. The van der Waals surface area contributed by atoms with Crippen molar-refractivity contribution in [1.82, 2.24) is 4.90 Å². The molecule has 0 aromatic heterocycles. The smallest absolute Gasteiger partial charge is 0.105 e. The highest BCUT2D eigenvalue weighted by Gasteiger charge is 2.21. The summed E-state index contributed by atoms with van der Waals surface area (Å²) in [5, 5.41) is 0. The van der Waals surface area contributed by atoms with Crippen LogP contribution in [0.15, 0.2) is 27.7 Å². The van der Waals surface area contributed by atoms with E-state index >= 15 is 0 Å². The van der Waals surface area contributed by atoms with Crippen molar-refractivity contribution in [2.75, 3.05) is 6.54 Å². The zero-order valence-electron chi connectivity index (χ0n) is 8.54. The van der Waals surface area contributed by atoms with Crippen molar-refractivity contribution in [3.8, 4) is 0 Å². The van der Waals surface area contributed by atoms with Gasteiger partial charge in [0.05, 0.1) is 5.69 Å². The molecule has 2 aliphatic heterocycles. The largest absolute Gasteiger partial charge is 0.356 e. The molecule has 0 unspecified atom stereocenters. The molecule has 1 aromatic carbocycles. The summed E-state index contributed by atoms with van der Waals surface area (Å²) in [7, 11) is 0. The SMILES string of the molecule is Brc1ccc2c(c1)CN1CCCCC1=N2. The van der Waals surface area contributed by atoms with E-state index in [9.17, 15) is 0 Å². The Bertz CT molecular complexity index is 426. The van der Waals surface area contributed by atoms with Gasteiger partial charge in [0.25, 0.3) is 0 Å². The summed E-state index contributed by atoms with van der Waals surface area (Å²) in [6, 6.07) is 6.37. The zero-order valence-corrected chi connectivity index (χ0v) is 10.1. The van der Waals surface area contributed by atoms with Gasteiger partial charge in [-0.25, -0.2) is 4.99 Å². The molecule has 1 aromatic rings. The van der Waals surface area contributed by atoms with Crippen molar-refractivity contribution < 1.29 is 0 Å². The Morgan fingerprint density at radius 2 is 2.20 bits per heavy atom. The van der Waals surface area contributed by atoms with Gasteiger partial charge in [0.1, 0.15) is 5.84 Å². The molecule has 0 bridgehead atoms. The molecule has 78 valence electrons. The van der Waals surface area contributed by atoms with Crippen molar-refractivity contribution in [2.24, 2.45) is 4.99 Å². The minimum atomic E-state index is 1.04. The lowest BCUT2D eigenvalue weighted by Gasteiger charge is -2.34. The van der Waals surface area contributed by atoms with Crippen LogP contribution in [0, 0.1) is 0 Å². The van der Waals surface area contributed by atoms with Crippen LogP contribution in [0.2, 0.25) is 0 Å². The maximum atomic E-state index is 4.73. The molecule has 0 atom stereocenters. The summed E-state index contributed by atoms with van der Waals surface area (Å²) in [6.45, 7) is 2.21. The number of benzene rings is 1. The molecular formula is C12H13BrN2. The number of rotatable bonds is 0. The summed E-state index contributed by atoms with van der Waals surface area (Å²) >= 11 is 3.51. The third-order valence-corrected chi connectivity index (χ3v) is 3.59. The van der Waals surface area contributed by atoms with Crippen LogP contribution >= 0.6 is 15.9 Å². The highest BCUT2D eigenvalue weighted by atomic mass is 79.9. The summed E-state index contributed by atoms with van der Waals surface area (Å²) in [5.41, 5.74) is 2.50. The fourth-order valence-electron chi connectivity index (χ4n) is 2.30. The van der Waals surface area contributed by atoms with Crippen LogP contribution < -0.4 is 0 Å². The second-order valence-corrected chi connectivity index (χ2v) is 5.10. The van der Waals surface area contributed by atoms with E-state index < -0.39 is 0 Å². The van der Waals surface area contributed by atoms with E-state index in [0.29, 0.717) is 0 Å². The lowest BCUT2D eigenvalue weighted by molar-refractivity contribution is 0.359. The van der Waals surface area contributed by atoms with E-state index in [0.717, 1.165) is 23.1 Å². The molecule has 0 saturated carbocycles. The molecule has 1 saturated heterocycles. The van der Waals surface area contributed by atoms with Gasteiger partial charge in [-0.15, -0.1) is 0 Å². The first-order valence-corrected chi connectivity index (χ1v) is 6.23. The number of amidine groups is 1. The maximum Gasteiger partial charge on any atom is 0.105 e. The van der Waals surface area contributed by atoms with E-state index in [1.165, 1.54) is 30.8 Å². The van der Waals surface area contributed by atoms with Gasteiger partial charge >= 0.3 is 0 Å². The van der Waals surface area contributed by atoms with Crippen LogP contribution in [-0.2, 0) is 6.54 Å². The van der Waals surface area contributed by atoms with E-state index in [-0.39, 0.29) is 0 Å². The average Bonchev–Trinajstić information content (AvgIpc) is 2.26. The lowest BCUT2D eigenvalue weighted by Crippen LogP contribution is -2.36. The maximum absolute atomic E-state index is 4.73. The predicted molar refractivity (Wildman–Crippen MR) is 65.5 cm³/mol. The van der Waals surface area contributed by atoms with Gasteiger partial charge in [-0.2, -0.15) is 0 Å². The van der Waals surface area contributed by atoms with Crippen molar-refractivity contribution >= 4 is 27.5 Å². The van der Waals surface area contributed by atoms with Crippen LogP contribution in [0.1, 0.15) is 24.8 Å². The Labute approximate surface area is 98.1 Å². The normalized spacial score (nSPS) is 19.3. The number of hydrogen-bond acceptors (Lipinski definition) is 2. The van der Waals surface area contributed by atoms with Gasteiger partial charge in [0.15, 0.2) is 0 Å². The van der Waals surface area contributed by atoms with E-state index in [2.05, 4.69) is 39.0 Å². The molecule has 0 radical (unpaired) electrons. The quantitative estimate of drug-likeness (QED) is 0.701. The van der Waals surface area contributed by atoms with E-state index in [1.54, 1.807) is 0 Å². The van der Waals surface area contributed by atoms with Crippen LogP contribution in [0.4, 0.5) is 5.69 Å². The highest BCUT2D eigenvalue weighted by Crippen LogP contribution is 2.31. The summed E-state index contributed by atoms with van der Waals surface area (Å²) in [5.74, 6) is 1.29. The fraction of sp³-hybridized carbons (Fsp3) is 0.417. The van der Waals surface area contributed by atoms with Crippen molar-refractivity contribution in [1.29, 1.82) is 0 Å². The molecule has 0 aliphatic carbocycles. The first kappa shape index (κ1) is 9.40. The molecule has 2 heterocycles. The van der Waals surface area contributed by atoms with Gasteiger partial charge in [-0.05, 0) is 36.6 Å². The van der Waals surface area contributed by atoms with Gasteiger partial charge in [0.2, 0.25) is 0 Å². The van der Waals surface area contributed by atoms with Crippen LogP contribution in [0.25, 0.3) is 0 Å². The molecule has 0 spiro atoms. The van der Waals surface area contributed by atoms with Crippen LogP contribution in [0.5, 0.6) is 0 Å². The number of piperidine rings is 1. The van der Waals surface area contributed by atoms with Crippen molar-refractivity contribution in [2.45, 2.75) is 25.8 Å². The van der Waals surface area contributed by atoms with Crippen LogP contribution in [-0.4, -0.2) is 17.3 Å². The number of fused-ring (bicyclic) bond motifs is 2. The minimum Gasteiger partial charge on any atom is -0.356 e. The Hall–Kier alpha value is -0.830. The number of aliphatic imine (C=N–C) groups is 1. The molecule has 1 fully saturated rings. The molecule has 3 rings (SSSR count). The molecule has 0 amide bonds. The van der Waals surface area contributed by atoms with E-state index in [4.69, 9.17) is 4.99 Å². The summed E-state index contributed by atoms with van der Waals surface area (Å²) in [6.07, 6.45) is 3.75. The second kappa shape index (κ2) is 3.63. The van der Waals surface area contributed by atoms with E-state index in [1.807, 2.05) is 0 Å². The Kier molecular flexibility index (Phi) is 2.28. The van der Waals surface area contributed by atoms with Crippen molar-refractivity contribution in [3.05, 3.63) is 28.2 Å². The molecule has 0 N–H and O–H groups in total. The molecule has 2 aliphatic rings. The molecule has 2 nitrogen and oxygen atoms in total. The molecule has 3 heteroatoms. The first-order valence-electron chi connectivity index (χ1n) is 5.44. The first-order chi connectivity index (χ1) is 7.33. The lowest BCUT2D eigenvalue weighted by atomic mass is 10.0. The van der Waals surface area contributed by atoms with Gasteiger partial charge in [-0.3, -0.25) is 0 Å². The predicted octanol–water partition coefficient (Wildman–Crippen LogP) is 3.48. The van der Waals surface area contributed by atoms with Crippen molar-refractivity contribution in [3.63, 3.8) is 0 Å². The fourth-order valence-corrected chi connectivity index (χ4v) is 2.71. The zero-order chi connectivity index (χ0) is 10.3. The monoisotopic (exact) mass is 264 g/mol. The third kappa shape index (κ3) is 1.69. The van der Waals surface area contributed by atoms with Gasteiger partial charge in [0, 0.05) is 24.0 Å². The molecule has 15 heavy (non-hydrogen) atoms. The van der Waals surface area contributed by atoms with Crippen LogP contribution in [0.3, 0.4) is 0 Å². The second-order valence-electron chi connectivity index (χ2n) is 4.18. The Morgan fingerprint density at radius 3 is 3.13 bits per heavy atom. The van der Waals surface area contributed by atoms with Gasteiger partial charge < -0.3 is 4.90 Å². The Balaban J connectivity index is 2.03. The summed E-state index contributed by atoms with van der Waals surface area (Å²) < 4.78 is 1.15. The average molecular weight is 265 g/mol. The number of halogens is 1. The Morgan fingerprint density at radius 1 is 1.27 bits per heavy atom. The highest BCUT2D eigenvalue weighted by molar-refractivity contribution is 9.10.